The summed E-state index contributed by atoms with van der Waals surface area (Å²) in [5, 5.41) is 9.26. The van der Waals surface area contributed by atoms with Gasteiger partial charge in [0.15, 0.2) is 0 Å². The minimum Gasteiger partial charge on any atom is -0.508 e. The zero-order valence-corrected chi connectivity index (χ0v) is 10.0. The van der Waals surface area contributed by atoms with Crippen molar-refractivity contribution >= 4 is 15.9 Å². The van der Waals surface area contributed by atoms with E-state index in [4.69, 9.17) is 4.74 Å². The van der Waals surface area contributed by atoms with Crippen molar-refractivity contribution in [2.75, 3.05) is 0 Å². The van der Waals surface area contributed by atoms with Crippen LogP contribution in [0.25, 0.3) is 0 Å². The van der Waals surface area contributed by atoms with E-state index in [1.54, 1.807) is 30.5 Å². The Balaban J connectivity index is 2.05. The average molecular weight is 280 g/mol. The summed E-state index contributed by atoms with van der Waals surface area (Å²) in [6.07, 6.45) is 1.71. The molecule has 0 amide bonds. The second kappa shape index (κ2) is 4.99. The van der Waals surface area contributed by atoms with Crippen molar-refractivity contribution in [3.05, 3.63) is 52.8 Å². The summed E-state index contributed by atoms with van der Waals surface area (Å²) in [5.41, 5.74) is 0.825. The first-order chi connectivity index (χ1) is 7.75. The van der Waals surface area contributed by atoms with Crippen LogP contribution in [0.5, 0.6) is 11.5 Å². The average Bonchev–Trinajstić information content (AvgIpc) is 2.28. The summed E-state index contributed by atoms with van der Waals surface area (Å²) in [6.45, 7) is 0.366. The topological polar surface area (TPSA) is 42.4 Å². The van der Waals surface area contributed by atoms with Crippen LogP contribution in [0, 0.1) is 0 Å². The molecule has 0 radical (unpaired) electrons. The molecule has 0 spiro atoms. The molecule has 0 atom stereocenters. The van der Waals surface area contributed by atoms with Crippen molar-refractivity contribution in [3.8, 4) is 11.5 Å². The van der Waals surface area contributed by atoms with Crippen molar-refractivity contribution in [2.24, 2.45) is 0 Å². The molecule has 2 aromatic rings. The molecule has 2 rings (SSSR count). The number of hydrogen-bond donors (Lipinski definition) is 1. The monoisotopic (exact) mass is 279 g/mol. The normalized spacial score (nSPS) is 10.1. The second-order valence-corrected chi connectivity index (χ2v) is 4.07. The Morgan fingerprint density at radius 3 is 2.88 bits per heavy atom. The van der Waals surface area contributed by atoms with Crippen LogP contribution >= 0.6 is 15.9 Å². The Morgan fingerprint density at radius 1 is 1.25 bits per heavy atom. The fraction of sp³-hybridized carbons (Fsp3) is 0.0833. The van der Waals surface area contributed by atoms with Crippen molar-refractivity contribution in [1.82, 2.24) is 4.98 Å². The number of ether oxygens (including phenoxy) is 1. The SMILES string of the molecule is Oc1cccc(OCc2ncccc2Br)c1. The molecule has 1 N–H and O–H groups in total. The van der Waals surface area contributed by atoms with Crippen LogP contribution < -0.4 is 4.74 Å². The van der Waals surface area contributed by atoms with Gasteiger partial charge in [0.1, 0.15) is 18.1 Å². The molecule has 0 aliphatic heterocycles. The van der Waals surface area contributed by atoms with Gasteiger partial charge < -0.3 is 9.84 Å². The van der Waals surface area contributed by atoms with E-state index in [9.17, 15) is 5.11 Å². The van der Waals surface area contributed by atoms with Gasteiger partial charge in [-0.2, -0.15) is 0 Å². The molecule has 1 aromatic heterocycles. The van der Waals surface area contributed by atoms with Gasteiger partial charge in [-0.3, -0.25) is 4.98 Å². The largest absolute Gasteiger partial charge is 0.508 e. The van der Waals surface area contributed by atoms with E-state index in [-0.39, 0.29) is 5.75 Å². The Kier molecular flexibility index (Phi) is 3.41. The molecule has 1 heterocycles. The van der Waals surface area contributed by atoms with Crippen LogP contribution in [-0.4, -0.2) is 10.1 Å². The minimum absolute atomic E-state index is 0.192. The third kappa shape index (κ3) is 2.73. The summed E-state index contributed by atoms with van der Waals surface area (Å²) in [7, 11) is 0. The highest BCUT2D eigenvalue weighted by Gasteiger charge is 2.01. The molecule has 4 heteroatoms. The molecule has 0 saturated heterocycles. The van der Waals surface area contributed by atoms with Gasteiger partial charge in [-0.05, 0) is 40.2 Å². The van der Waals surface area contributed by atoms with Crippen molar-refractivity contribution in [2.45, 2.75) is 6.61 Å². The molecular weight excluding hydrogens is 270 g/mol. The van der Waals surface area contributed by atoms with E-state index in [2.05, 4.69) is 20.9 Å². The number of pyridine rings is 1. The quantitative estimate of drug-likeness (QED) is 0.939. The van der Waals surface area contributed by atoms with Gasteiger partial charge in [-0.25, -0.2) is 0 Å². The predicted molar refractivity (Wildman–Crippen MR) is 64.4 cm³/mol. The van der Waals surface area contributed by atoms with Crippen LogP contribution in [0.15, 0.2) is 47.1 Å². The lowest BCUT2D eigenvalue weighted by atomic mass is 10.3. The lowest BCUT2D eigenvalue weighted by Crippen LogP contribution is -1.98. The summed E-state index contributed by atoms with van der Waals surface area (Å²) in [4.78, 5) is 4.18. The van der Waals surface area contributed by atoms with E-state index in [1.165, 1.54) is 0 Å². The highest BCUT2D eigenvalue weighted by molar-refractivity contribution is 9.10. The fourth-order valence-electron chi connectivity index (χ4n) is 1.25. The number of halogens is 1. The molecule has 16 heavy (non-hydrogen) atoms. The van der Waals surface area contributed by atoms with Gasteiger partial charge in [0.05, 0.1) is 5.69 Å². The molecule has 0 saturated carbocycles. The van der Waals surface area contributed by atoms with Crippen LogP contribution in [0.2, 0.25) is 0 Å². The Morgan fingerprint density at radius 2 is 2.12 bits per heavy atom. The summed E-state index contributed by atoms with van der Waals surface area (Å²) in [6, 6.07) is 10.4. The van der Waals surface area contributed by atoms with Crippen molar-refractivity contribution in [3.63, 3.8) is 0 Å². The van der Waals surface area contributed by atoms with E-state index in [0.29, 0.717) is 12.4 Å². The first-order valence-corrected chi connectivity index (χ1v) is 5.56. The smallest absolute Gasteiger partial charge is 0.131 e. The third-order valence-electron chi connectivity index (χ3n) is 2.03. The maximum atomic E-state index is 9.26. The Hall–Kier alpha value is -1.55. The van der Waals surface area contributed by atoms with E-state index in [1.807, 2.05) is 12.1 Å². The van der Waals surface area contributed by atoms with Crippen molar-refractivity contribution < 1.29 is 9.84 Å². The molecule has 0 unspecified atom stereocenters. The Bertz CT molecular complexity index is 488. The van der Waals surface area contributed by atoms with Crippen LogP contribution in [0.4, 0.5) is 0 Å². The highest BCUT2D eigenvalue weighted by atomic mass is 79.9. The lowest BCUT2D eigenvalue weighted by molar-refractivity contribution is 0.299. The molecule has 1 aromatic carbocycles. The van der Waals surface area contributed by atoms with Gasteiger partial charge in [0, 0.05) is 16.7 Å². The minimum atomic E-state index is 0.192. The summed E-state index contributed by atoms with van der Waals surface area (Å²) < 4.78 is 6.41. The number of aromatic nitrogens is 1. The highest BCUT2D eigenvalue weighted by Crippen LogP contribution is 2.20. The Labute approximate surface area is 102 Å². The molecule has 0 aliphatic rings. The van der Waals surface area contributed by atoms with Gasteiger partial charge >= 0.3 is 0 Å². The first kappa shape index (κ1) is 11.0. The number of benzene rings is 1. The van der Waals surface area contributed by atoms with Gasteiger partial charge in [-0.15, -0.1) is 0 Å². The zero-order valence-electron chi connectivity index (χ0n) is 8.43. The van der Waals surface area contributed by atoms with Crippen LogP contribution in [-0.2, 0) is 6.61 Å². The molecule has 82 valence electrons. The molecule has 0 aliphatic carbocycles. The summed E-state index contributed by atoms with van der Waals surface area (Å²) >= 11 is 3.39. The number of aromatic hydroxyl groups is 1. The summed E-state index contributed by atoms with van der Waals surface area (Å²) in [5.74, 6) is 0.815. The number of hydrogen-bond acceptors (Lipinski definition) is 3. The fourth-order valence-corrected chi connectivity index (χ4v) is 1.62. The van der Waals surface area contributed by atoms with Crippen LogP contribution in [0.1, 0.15) is 5.69 Å². The van der Waals surface area contributed by atoms with Crippen LogP contribution in [0.3, 0.4) is 0 Å². The van der Waals surface area contributed by atoms with Crippen molar-refractivity contribution in [1.29, 1.82) is 0 Å². The third-order valence-corrected chi connectivity index (χ3v) is 2.75. The molecule has 0 bridgehead atoms. The van der Waals surface area contributed by atoms with Gasteiger partial charge in [0.2, 0.25) is 0 Å². The lowest BCUT2D eigenvalue weighted by Gasteiger charge is -2.06. The molecular formula is C12H10BrNO2. The number of phenols is 1. The van der Waals surface area contributed by atoms with E-state index in [0.717, 1.165) is 10.2 Å². The first-order valence-electron chi connectivity index (χ1n) is 4.77. The molecule has 3 nitrogen and oxygen atoms in total. The van der Waals surface area contributed by atoms with Gasteiger partial charge in [0.25, 0.3) is 0 Å². The molecule has 0 fully saturated rings. The van der Waals surface area contributed by atoms with E-state index >= 15 is 0 Å². The number of nitrogens with zero attached hydrogens (tertiary/aromatic N) is 1. The number of rotatable bonds is 3. The number of phenolic OH excluding ortho intramolecular Hbond substituents is 1. The predicted octanol–water partition coefficient (Wildman–Crippen LogP) is 3.13. The maximum absolute atomic E-state index is 9.26. The zero-order chi connectivity index (χ0) is 11.4. The van der Waals surface area contributed by atoms with Gasteiger partial charge in [-0.1, -0.05) is 6.07 Å². The standard InChI is InChI=1S/C12H10BrNO2/c13-11-5-2-6-14-12(11)8-16-10-4-1-3-9(15)7-10/h1-7,15H,8H2. The second-order valence-electron chi connectivity index (χ2n) is 3.22. The maximum Gasteiger partial charge on any atom is 0.131 e. The van der Waals surface area contributed by atoms with E-state index < -0.39 is 0 Å².